The molecule has 0 N–H and O–H groups in total. The van der Waals surface area contributed by atoms with Gasteiger partial charge in [0.1, 0.15) is 5.82 Å². The first kappa shape index (κ1) is 52.5. The van der Waals surface area contributed by atoms with Crippen molar-refractivity contribution in [2.45, 2.75) is 131 Å². The van der Waals surface area contributed by atoms with Gasteiger partial charge in [-0.15, -0.1) is 29.7 Å². The van der Waals surface area contributed by atoms with E-state index in [0.717, 1.165) is 71.7 Å². The van der Waals surface area contributed by atoms with Crippen molar-refractivity contribution in [1.29, 1.82) is 0 Å². The van der Waals surface area contributed by atoms with Gasteiger partial charge in [0.25, 0.3) is 0 Å². The predicted octanol–water partition coefficient (Wildman–Crippen LogP) is 19.1. The predicted molar refractivity (Wildman–Crippen MR) is 338 cm³/mol. The number of nitrogens with zero attached hydrogens (tertiary/aromatic N) is 5. The number of benzene rings is 8. The number of rotatable bonds is 7. The van der Waals surface area contributed by atoms with Crippen molar-refractivity contribution in [3.8, 4) is 50.9 Å². The van der Waals surface area contributed by atoms with Gasteiger partial charge in [0.2, 0.25) is 6.33 Å². The van der Waals surface area contributed by atoms with Gasteiger partial charge in [0, 0.05) is 71.9 Å². The van der Waals surface area contributed by atoms with E-state index in [1.807, 2.05) is 48.7 Å². The van der Waals surface area contributed by atoms with Gasteiger partial charge in [-0.2, -0.15) is 18.2 Å². The number of ether oxygens (including phenoxy) is 1. The third kappa shape index (κ3) is 9.99. The zero-order valence-electron chi connectivity index (χ0n) is 53.0. The Labute approximate surface area is 503 Å². The summed E-state index contributed by atoms with van der Waals surface area (Å²) in [5.74, 6) is 1.73. The van der Waals surface area contributed by atoms with E-state index in [2.05, 4.69) is 247 Å². The maximum Gasteiger partial charge on any atom is 0.242 e. The van der Waals surface area contributed by atoms with Gasteiger partial charge in [-0.3, -0.25) is 0 Å². The van der Waals surface area contributed by atoms with Crippen LogP contribution in [-0.4, -0.2) is 18.7 Å². The summed E-state index contributed by atoms with van der Waals surface area (Å²) in [4.78, 5) is 4.88. The third-order valence-electron chi connectivity index (χ3n) is 16.3. The van der Waals surface area contributed by atoms with Gasteiger partial charge in [-0.1, -0.05) is 218 Å². The first-order valence-corrected chi connectivity index (χ1v) is 28.5. The molecule has 0 amide bonds. The first-order chi connectivity index (χ1) is 39.4. The van der Waals surface area contributed by atoms with Crippen LogP contribution < -0.4 is 9.30 Å². The number of hydrogen-bond acceptors (Lipinski definition) is 2. The summed E-state index contributed by atoms with van der Waals surface area (Å²) >= 11 is 0. The zero-order chi connectivity index (χ0) is 59.8. The Balaban J connectivity index is 0.00000752. The molecule has 8 aromatic carbocycles. The van der Waals surface area contributed by atoms with Crippen LogP contribution in [-0.2, 0) is 55.1 Å². The molecule has 418 valence electrons. The standard InChI is InChI=1S/C75H75N5O.Pt/c1-71(2,3)49-35-36-76-67(43-49)79-63-30-18-17-25-59(63)60-34-33-56(45-66(60)79)81-55-24-19-23-54(44-55)78-46-77(16)70-64(78)31-22-32-65(70)80-68-57(47-37-50(72(4,5)6)41-51(38-47)73(7,8)9)26-20-28-61(68)62-29-21-27-58(69(62)80)48-39-52(74(10,11)12)42-53(40-48)75(13,14)15;/h17-43H,1-16H3;/q-2;/i16D3;. The molecule has 0 radical (unpaired) electrons. The van der Waals surface area contributed by atoms with Crippen molar-refractivity contribution in [2.75, 3.05) is 0 Å². The fourth-order valence-electron chi connectivity index (χ4n) is 11.5. The quantitative estimate of drug-likeness (QED) is 0.118. The number of para-hydroxylation sites is 4. The Morgan fingerprint density at radius 1 is 0.463 bits per heavy atom. The summed E-state index contributed by atoms with van der Waals surface area (Å²) in [6.45, 7) is 31.3. The van der Waals surface area contributed by atoms with Crippen molar-refractivity contribution < 1.29 is 34.5 Å². The van der Waals surface area contributed by atoms with Crippen LogP contribution in [0.5, 0.6) is 11.5 Å². The minimum atomic E-state index is -2.65. The number of imidazole rings is 1. The largest absolute Gasteiger partial charge is 0.510 e. The van der Waals surface area contributed by atoms with E-state index in [1.54, 1.807) is 4.57 Å². The minimum Gasteiger partial charge on any atom is -0.510 e. The zero-order valence-corrected chi connectivity index (χ0v) is 52.3. The van der Waals surface area contributed by atoms with Crippen LogP contribution in [0.25, 0.3) is 94.1 Å². The van der Waals surface area contributed by atoms with Crippen LogP contribution >= 0.6 is 0 Å². The molecule has 0 aliphatic carbocycles. The van der Waals surface area contributed by atoms with E-state index in [4.69, 9.17) is 9.72 Å². The summed E-state index contributed by atoms with van der Waals surface area (Å²) < 4.78 is 42.2. The van der Waals surface area contributed by atoms with E-state index < -0.39 is 6.98 Å². The van der Waals surface area contributed by atoms with Gasteiger partial charge in [0.05, 0.1) is 33.2 Å². The van der Waals surface area contributed by atoms with Crippen LogP contribution in [0.2, 0.25) is 0 Å². The van der Waals surface area contributed by atoms with Crippen molar-refractivity contribution in [1.82, 2.24) is 18.7 Å². The smallest absolute Gasteiger partial charge is 0.242 e. The van der Waals surface area contributed by atoms with E-state index >= 15 is 0 Å². The van der Waals surface area contributed by atoms with Crippen LogP contribution in [0.3, 0.4) is 0 Å². The monoisotopic (exact) mass is 1260 g/mol. The molecule has 0 spiro atoms. The maximum atomic E-state index is 9.28. The molecule has 12 rings (SSSR count). The molecular weight excluding hydrogens is 1180 g/mol. The number of hydrogen-bond donors (Lipinski definition) is 0. The number of aryl methyl sites for hydroxylation is 1. The van der Waals surface area contributed by atoms with E-state index in [0.29, 0.717) is 33.9 Å². The normalized spacial score (nSPS) is 13.5. The van der Waals surface area contributed by atoms with E-state index in [9.17, 15) is 4.11 Å². The Hall–Kier alpha value is -7.53. The Morgan fingerprint density at radius 3 is 1.54 bits per heavy atom. The van der Waals surface area contributed by atoms with E-state index in [-0.39, 0.29) is 48.1 Å². The van der Waals surface area contributed by atoms with Crippen LogP contribution in [0.1, 0.15) is 136 Å². The SMILES string of the molecule is [2H]C([2H])([2H])[n+]1[c-]n(-c2[c-]c(Oc3[c-]c4c(cc3)c3ccccc3n4-c3cc(C(C)(C)C)ccn3)ccc2)c2cccc(-n3c4c(-c5cc(C(C)(C)C)cc(C(C)(C)C)c5)cccc4c4cccc(-c5cc(C(C)(C)C)cc(C(C)(C)C)c5)c43)c21.[Pt]. The van der Waals surface area contributed by atoms with Gasteiger partial charge in [-0.25, -0.2) is 4.98 Å². The topological polar surface area (TPSA) is 40.8 Å². The summed E-state index contributed by atoms with van der Waals surface area (Å²) in [7, 11) is 0. The number of fused-ring (bicyclic) bond motifs is 7. The Morgan fingerprint density at radius 2 is 0.976 bits per heavy atom. The molecule has 0 aliphatic rings. The second-order valence-electron chi connectivity index (χ2n) is 27.3. The summed E-state index contributed by atoms with van der Waals surface area (Å²) in [6, 6.07) is 62.9. The van der Waals surface area contributed by atoms with Gasteiger partial charge >= 0.3 is 0 Å². The molecule has 0 saturated heterocycles. The van der Waals surface area contributed by atoms with Crippen LogP contribution in [0.4, 0.5) is 0 Å². The average molecular weight is 1260 g/mol. The van der Waals surface area contributed by atoms with E-state index in [1.165, 1.54) is 32.4 Å². The molecule has 0 bridgehead atoms. The molecule has 0 saturated carbocycles. The Bertz CT molecular complexity index is 4400. The molecular formula is C75H75N5OPt-2. The van der Waals surface area contributed by atoms with Gasteiger partial charge in [-0.05, 0) is 95.7 Å². The minimum absolute atomic E-state index is 0. The maximum absolute atomic E-state index is 9.28. The summed E-state index contributed by atoms with van der Waals surface area (Å²) in [6.07, 6.45) is 5.23. The average Bonchev–Trinajstić information content (AvgIpc) is 2.99. The van der Waals surface area contributed by atoms with Crippen LogP contribution in [0.15, 0.2) is 164 Å². The molecule has 4 aromatic heterocycles. The second-order valence-corrected chi connectivity index (χ2v) is 27.3. The first-order valence-electron chi connectivity index (χ1n) is 30.0. The van der Waals surface area contributed by atoms with Crippen LogP contribution in [0, 0.1) is 18.5 Å². The molecule has 7 heteroatoms. The van der Waals surface area contributed by atoms with Gasteiger partial charge in [0.15, 0.2) is 0 Å². The molecule has 0 atom stereocenters. The Kier molecular flexibility index (Phi) is 12.9. The number of aromatic nitrogens is 5. The van der Waals surface area contributed by atoms with Crippen molar-refractivity contribution in [2.24, 2.45) is 6.98 Å². The summed E-state index contributed by atoms with van der Waals surface area (Å²) in [5, 5.41) is 4.25. The molecule has 0 unspecified atom stereocenters. The number of pyridine rings is 1. The summed E-state index contributed by atoms with van der Waals surface area (Å²) in [5.41, 5.74) is 16.1. The fourth-order valence-corrected chi connectivity index (χ4v) is 11.5. The van der Waals surface area contributed by atoms with Crippen molar-refractivity contribution in [3.63, 3.8) is 0 Å². The molecule has 82 heavy (non-hydrogen) atoms. The fraction of sp³-hybridized carbons (Fsp3) is 0.280. The molecule has 6 nitrogen and oxygen atoms in total. The molecule has 4 heterocycles. The third-order valence-corrected chi connectivity index (χ3v) is 16.3. The molecule has 0 aliphatic heterocycles. The van der Waals surface area contributed by atoms with Crippen molar-refractivity contribution in [3.05, 3.63) is 210 Å². The van der Waals surface area contributed by atoms with Gasteiger partial charge < -0.3 is 23.0 Å². The second kappa shape index (κ2) is 20.1. The molecule has 12 aromatic rings. The molecule has 0 fully saturated rings. The van der Waals surface area contributed by atoms with Crippen molar-refractivity contribution >= 4 is 54.6 Å².